The maximum atomic E-state index is 13.3. The van der Waals surface area contributed by atoms with Crippen molar-refractivity contribution in [2.24, 2.45) is 9.98 Å². The summed E-state index contributed by atoms with van der Waals surface area (Å²) in [6.07, 6.45) is 1.44. The van der Waals surface area contributed by atoms with E-state index in [1.807, 2.05) is 42.5 Å². The fourth-order valence-electron chi connectivity index (χ4n) is 3.72. The molecular formula is C25H20N4O4S. The number of para-hydroxylation sites is 1. The van der Waals surface area contributed by atoms with Crippen molar-refractivity contribution in [3.63, 3.8) is 0 Å². The number of Topliss-reactive ketones (excluding diaryl/α,β-unsaturated/α-hetero) is 1. The molecule has 0 aliphatic carbocycles. The van der Waals surface area contributed by atoms with Crippen LogP contribution in [0.3, 0.4) is 0 Å². The number of hydrogen-bond donors (Lipinski definition) is 1. The molecule has 1 N–H and O–H groups in total. The van der Waals surface area contributed by atoms with Gasteiger partial charge in [-0.05, 0) is 24.3 Å². The van der Waals surface area contributed by atoms with Crippen molar-refractivity contribution >= 4 is 46.1 Å². The molecule has 0 saturated heterocycles. The van der Waals surface area contributed by atoms with E-state index in [-0.39, 0.29) is 36.3 Å². The zero-order chi connectivity index (χ0) is 23.5. The summed E-state index contributed by atoms with van der Waals surface area (Å²) in [5.74, 6) is 0.489. The Kier molecular flexibility index (Phi) is 6.09. The number of ketones is 1. The summed E-state index contributed by atoms with van der Waals surface area (Å²) in [5.41, 5.74) is 1.98. The molecule has 2 aromatic carbocycles. The first-order chi connectivity index (χ1) is 16.6. The van der Waals surface area contributed by atoms with Crippen LogP contribution in [0.25, 0.3) is 0 Å². The van der Waals surface area contributed by atoms with Crippen molar-refractivity contribution in [2.45, 2.75) is 19.0 Å². The third-order valence-electron chi connectivity index (χ3n) is 5.39. The minimum atomic E-state index is -0.867. The molecule has 0 spiro atoms. The second-order valence-corrected chi connectivity index (χ2v) is 8.63. The molecule has 9 heteroatoms. The Morgan fingerprint density at radius 2 is 1.82 bits per heavy atom. The van der Waals surface area contributed by atoms with E-state index in [1.165, 1.54) is 22.9 Å². The third kappa shape index (κ3) is 4.42. The van der Waals surface area contributed by atoms with Crippen molar-refractivity contribution < 1.29 is 18.8 Å². The van der Waals surface area contributed by atoms with E-state index in [0.717, 1.165) is 0 Å². The molecule has 0 saturated carbocycles. The Labute approximate surface area is 199 Å². The first kappa shape index (κ1) is 21.8. The molecule has 1 aromatic heterocycles. The van der Waals surface area contributed by atoms with Gasteiger partial charge in [0.05, 0.1) is 30.7 Å². The number of carbonyl (C=O) groups excluding carboxylic acids is 3. The first-order valence-corrected chi connectivity index (χ1v) is 11.7. The number of nitrogens with one attached hydrogen (secondary N) is 1. The van der Waals surface area contributed by atoms with Gasteiger partial charge in [0.2, 0.25) is 5.91 Å². The van der Waals surface area contributed by atoms with Crippen molar-refractivity contribution in [2.75, 3.05) is 5.75 Å². The third-order valence-corrected chi connectivity index (χ3v) is 6.33. The Morgan fingerprint density at radius 1 is 1.03 bits per heavy atom. The van der Waals surface area contributed by atoms with Crippen LogP contribution in [0.4, 0.5) is 5.69 Å². The highest BCUT2D eigenvalue weighted by atomic mass is 32.2. The maximum absolute atomic E-state index is 13.3. The fourth-order valence-corrected chi connectivity index (χ4v) is 4.61. The number of amides is 2. The predicted molar refractivity (Wildman–Crippen MR) is 129 cm³/mol. The van der Waals surface area contributed by atoms with Gasteiger partial charge in [-0.2, -0.15) is 0 Å². The molecule has 1 atom stereocenters. The molecule has 0 radical (unpaired) electrons. The van der Waals surface area contributed by atoms with Crippen molar-refractivity contribution in [1.82, 2.24) is 10.2 Å². The molecule has 2 amide bonds. The van der Waals surface area contributed by atoms with Crippen LogP contribution in [0.15, 0.2) is 87.4 Å². The van der Waals surface area contributed by atoms with Crippen LogP contribution in [0.1, 0.15) is 28.1 Å². The lowest BCUT2D eigenvalue weighted by atomic mass is 10.1. The molecule has 8 nitrogen and oxygen atoms in total. The minimum Gasteiger partial charge on any atom is -0.467 e. The molecule has 0 bridgehead atoms. The predicted octanol–water partition coefficient (Wildman–Crippen LogP) is 3.56. The average molecular weight is 473 g/mol. The van der Waals surface area contributed by atoms with Gasteiger partial charge < -0.3 is 9.73 Å². The van der Waals surface area contributed by atoms with Crippen LogP contribution in [0.2, 0.25) is 0 Å². The van der Waals surface area contributed by atoms with Crippen LogP contribution in [-0.4, -0.2) is 45.3 Å². The van der Waals surface area contributed by atoms with E-state index in [0.29, 0.717) is 33.6 Å². The summed E-state index contributed by atoms with van der Waals surface area (Å²) in [6.45, 7) is 0.236. The lowest BCUT2D eigenvalue weighted by Gasteiger charge is -2.25. The Hall–Kier alpha value is -3.98. The summed E-state index contributed by atoms with van der Waals surface area (Å²) in [7, 11) is 0. The van der Waals surface area contributed by atoms with E-state index in [9.17, 15) is 14.4 Å². The molecule has 5 rings (SSSR count). The molecule has 2 aliphatic rings. The van der Waals surface area contributed by atoms with Gasteiger partial charge in [0, 0.05) is 11.1 Å². The molecule has 0 unspecified atom stereocenters. The van der Waals surface area contributed by atoms with Crippen molar-refractivity contribution in [1.29, 1.82) is 0 Å². The first-order valence-electron chi connectivity index (χ1n) is 10.7. The maximum Gasteiger partial charge on any atom is 0.259 e. The summed E-state index contributed by atoms with van der Waals surface area (Å²) in [4.78, 5) is 49.0. The number of amidine groups is 2. The van der Waals surface area contributed by atoms with Crippen molar-refractivity contribution in [3.8, 4) is 0 Å². The standard InChI is InChI=1S/C25H20N4O4S/c30-21(16-7-2-1-3-8-16)15-34-25-28-19-11-5-4-10-18(19)23-27-20(24(32)29(23)25)13-22(31)26-14-17-9-6-12-33-17/h1-12,20H,13-15H2,(H,26,31)/t20-/m1/s1. The second-order valence-electron chi connectivity index (χ2n) is 7.69. The van der Waals surface area contributed by atoms with Gasteiger partial charge in [0.25, 0.3) is 5.91 Å². The van der Waals surface area contributed by atoms with E-state index >= 15 is 0 Å². The van der Waals surface area contributed by atoms with Gasteiger partial charge in [-0.3, -0.25) is 19.4 Å². The quantitative estimate of drug-likeness (QED) is 0.530. The van der Waals surface area contributed by atoms with E-state index in [1.54, 1.807) is 24.3 Å². The Bertz CT molecular complexity index is 1300. The van der Waals surface area contributed by atoms with Gasteiger partial charge in [-0.1, -0.05) is 54.2 Å². The van der Waals surface area contributed by atoms with E-state index in [4.69, 9.17) is 4.42 Å². The number of benzene rings is 2. The number of rotatable bonds is 7. The summed E-state index contributed by atoms with van der Waals surface area (Å²) in [5, 5.41) is 3.13. The van der Waals surface area contributed by atoms with Crippen LogP contribution < -0.4 is 5.32 Å². The number of furan rings is 1. The van der Waals surface area contributed by atoms with Crippen LogP contribution >= 0.6 is 11.8 Å². The number of hydrogen-bond acceptors (Lipinski definition) is 7. The second kappa shape index (κ2) is 9.48. The summed E-state index contributed by atoms with van der Waals surface area (Å²) < 4.78 is 5.22. The number of carbonyl (C=O) groups is 3. The molecule has 0 fully saturated rings. The monoisotopic (exact) mass is 472 g/mol. The lowest BCUT2D eigenvalue weighted by molar-refractivity contribution is -0.128. The van der Waals surface area contributed by atoms with Gasteiger partial charge in [0.1, 0.15) is 17.6 Å². The van der Waals surface area contributed by atoms with Crippen LogP contribution in [0, 0.1) is 0 Å². The van der Waals surface area contributed by atoms with Gasteiger partial charge in [0.15, 0.2) is 11.0 Å². The molecule has 2 aliphatic heterocycles. The van der Waals surface area contributed by atoms with Crippen LogP contribution in [0.5, 0.6) is 0 Å². The van der Waals surface area contributed by atoms with E-state index in [2.05, 4.69) is 15.3 Å². The van der Waals surface area contributed by atoms with Gasteiger partial charge in [-0.15, -0.1) is 0 Å². The topological polar surface area (TPSA) is 104 Å². The highest BCUT2D eigenvalue weighted by Crippen LogP contribution is 2.34. The zero-order valence-corrected chi connectivity index (χ0v) is 18.8. The molecule has 34 heavy (non-hydrogen) atoms. The Balaban J connectivity index is 1.33. The summed E-state index contributed by atoms with van der Waals surface area (Å²) >= 11 is 1.19. The van der Waals surface area contributed by atoms with Gasteiger partial charge >= 0.3 is 0 Å². The number of thioether (sulfide) groups is 1. The zero-order valence-electron chi connectivity index (χ0n) is 18.0. The highest BCUT2D eigenvalue weighted by Gasteiger charge is 2.42. The smallest absolute Gasteiger partial charge is 0.259 e. The molecule has 3 aromatic rings. The Morgan fingerprint density at radius 3 is 2.62 bits per heavy atom. The molecule has 3 heterocycles. The minimum absolute atomic E-state index is 0.0638. The molecule has 170 valence electrons. The molecular weight excluding hydrogens is 452 g/mol. The van der Waals surface area contributed by atoms with Gasteiger partial charge in [-0.25, -0.2) is 9.89 Å². The highest BCUT2D eigenvalue weighted by molar-refractivity contribution is 8.14. The number of nitrogens with zero attached hydrogens (tertiary/aromatic N) is 3. The SMILES string of the molecule is O=C(C[C@H]1N=C2c3ccccc3N=C(SCC(=O)c3ccccc3)N2C1=O)NCc1ccco1. The number of fused-ring (bicyclic) bond motifs is 3. The van der Waals surface area contributed by atoms with E-state index < -0.39 is 6.04 Å². The largest absolute Gasteiger partial charge is 0.467 e. The van der Waals surface area contributed by atoms with Crippen molar-refractivity contribution in [3.05, 3.63) is 89.9 Å². The number of aliphatic imine (C=N–C) groups is 2. The summed E-state index contributed by atoms with van der Waals surface area (Å²) in [6, 6.07) is 19.0. The fraction of sp³-hybridized carbons (Fsp3) is 0.160. The average Bonchev–Trinajstić information content (AvgIpc) is 3.50. The lowest BCUT2D eigenvalue weighted by Crippen LogP contribution is -2.42. The normalized spacial score (nSPS) is 16.4. The van der Waals surface area contributed by atoms with Crippen LogP contribution in [-0.2, 0) is 16.1 Å².